The van der Waals surface area contributed by atoms with Crippen molar-refractivity contribution in [3.05, 3.63) is 34.9 Å². The Morgan fingerprint density at radius 3 is 2.71 bits per heavy atom. The van der Waals surface area contributed by atoms with E-state index >= 15 is 0 Å². The van der Waals surface area contributed by atoms with Crippen LogP contribution in [0.2, 0.25) is 0 Å². The van der Waals surface area contributed by atoms with Crippen LogP contribution in [-0.2, 0) is 16.5 Å². The number of benzene rings is 1. The first-order valence-corrected chi connectivity index (χ1v) is 7.88. The van der Waals surface area contributed by atoms with Gasteiger partial charge in [0, 0.05) is 10.7 Å². The molecule has 0 amide bonds. The van der Waals surface area contributed by atoms with Gasteiger partial charge in [0.05, 0.1) is 12.2 Å². The molecule has 0 bridgehead atoms. The molecule has 0 aliphatic heterocycles. The molecule has 0 aliphatic carbocycles. The molecule has 1 aromatic rings. The molecule has 0 fully saturated rings. The number of ether oxygens (including phenoxy) is 1. The summed E-state index contributed by atoms with van der Waals surface area (Å²) in [5.41, 5.74) is 2.94. The van der Waals surface area contributed by atoms with Crippen LogP contribution >= 0.6 is 31.9 Å². The van der Waals surface area contributed by atoms with Crippen molar-refractivity contribution < 1.29 is 9.53 Å². The zero-order valence-corrected chi connectivity index (χ0v) is 13.0. The van der Waals surface area contributed by atoms with Gasteiger partial charge in [-0.3, -0.25) is 0 Å². The number of rotatable bonds is 6. The third-order valence-electron chi connectivity index (χ3n) is 2.40. The van der Waals surface area contributed by atoms with Crippen LogP contribution in [0.25, 0.3) is 0 Å². The van der Waals surface area contributed by atoms with Crippen LogP contribution in [0.1, 0.15) is 34.8 Å². The van der Waals surface area contributed by atoms with Gasteiger partial charge in [0.15, 0.2) is 0 Å². The normalized spacial score (nSPS) is 10.3. The molecule has 0 aliphatic rings. The minimum atomic E-state index is -0.224. The lowest BCUT2D eigenvalue weighted by molar-refractivity contribution is 0.0525. The smallest absolute Gasteiger partial charge is 0.338 e. The molecule has 0 unspecified atom stereocenters. The molecule has 0 N–H and O–H groups in total. The maximum absolute atomic E-state index is 11.8. The van der Waals surface area contributed by atoms with Gasteiger partial charge in [0.2, 0.25) is 0 Å². The number of esters is 1. The first kappa shape index (κ1) is 14.7. The predicted octanol–water partition coefficient (Wildman–Crippen LogP) is 4.09. The fourth-order valence-electron chi connectivity index (χ4n) is 1.60. The van der Waals surface area contributed by atoms with E-state index in [1.165, 1.54) is 5.56 Å². The number of aryl methyl sites for hydroxylation is 1. The number of carbonyl (C=O) groups is 1. The Hall–Kier alpha value is -0.350. The highest BCUT2D eigenvalue weighted by Gasteiger charge is 2.12. The van der Waals surface area contributed by atoms with Crippen molar-refractivity contribution >= 4 is 37.8 Å². The molecular formula is C13H16Br2O2. The van der Waals surface area contributed by atoms with Crippen molar-refractivity contribution in [3.8, 4) is 0 Å². The summed E-state index contributed by atoms with van der Waals surface area (Å²) in [6.07, 6.45) is 1.90. The van der Waals surface area contributed by atoms with Crippen LogP contribution in [0.15, 0.2) is 18.2 Å². The monoisotopic (exact) mass is 362 g/mol. The zero-order chi connectivity index (χ0) is 12.7. The molecule has 0 spiro atoms. The molecule has 2 nitrogen and oxygen atoms in total. The molecule has 1 rings (SSSR count). The second-order valence-electron chi connectivity index (χ2n) is 3.64. The fraction of sp³-hybridized carbons (Fsp3) is 0.462. The van der Waals surface area contributed by atoms with Gasteiger partial charge in [-0.2, -0.15) is 0 Å². The number of hydrogen-bond donors (Lipinski definition) is 0. The lowest BCUT2D eigenvalue weighted by atomic mass is 10.0. The summed E-state index contributed by atoms with van der Waals surface area (Å²) in [5, 5.41) is 1.74. The zero-order valence-electron chi connectivity index (χ0n) is 9.84. The van der Waals surface area contributed by atoms with Crippen LogP contribution in [0.5, 0.6) is 0 Å². The lowest BCUT2D eigenvalue weighted by Gasteiger charge is -2.09. The Balaban J connectivity index is 2.97. The molecule has 0 heterocycles. The van der Waals surface area contributed by atoms with E-state index in [9.17, 15) is 4.79 Å². The Labute approximate surface area is 119 Å². The minimum absolute atomic E-state index is 0.224. The van der Waals surface area contributed by atoms with Gasteiger partial charge >= 0.3 is 5.97 Å². The highest BCUT2D eigenvalue weighted by molar-refractivity contribution is 9.09. The molecule has 1 aromatic carbocycles. The van der Waals surface area contributed by atoms with E-state index in [1.54, 1.807) is 0 Å². The van der Waals surface area contributed by atoms with Crippen LogP contribution in [0.4, 0.5) is 0 Å². The summed E-state index contributed by atoms with van der Waals surface area (Å²) in [7, 11) is 0. The van der Waals surface area contributed by atoms with Crippen molar-refractivity contribution in [2.24, 2.45) is 0 Å². The highest BCUT2D eigenvalue weighted by atomic mass is 79.9. The third kappa shape index (κ3) is 4.43. The first-order chi connectivity index (χ1) is 8.22. The molecule has 0 atom stereocenters. The van der Waals surface area contributed by atoms with E-state index in [4.69, 9.17) is 4.74 Å². The Bertz CT molecular complexity index is 378. The van der Waals surface area contributed by atoms with E-state index in [-0.39, 0.29) is 5.97 Å². The van der Waals surface area contributed by atoms with Crippen molar-refractivity contribution in [2.45, 2.75) is 25.1 Å². The van der Waals surface area contributed by atoms with Crippen LogP contribution in [0, 0.1) is 0 Å². The van der Waals surface area contributed by atoms with Gasteiger partial charge < -0.3 is 4.74 Å². The first-order valence-electron chi connectivity index (χ1n) is 5.63. The SMILES string of the molecule is CCOC(=O)c1ccc(CBr)cc1CCCBr. The minimum Gasteiger partial charge on any atom is -0.462 e. The Morgan fingerprint density at radius 2 is 2.12 bits per heavy atom. The summed E-state index contributed by atoms with van der Waals surface area (Å²) in [5.74, 6) is -0.224. The van der Waals surface area contributed by atoms with E-state index in [1.807, 2.05) is 19.1 Å². The fourth-order valence-corrected chi connectivity index (χ4v) is 2.23. The molecule has 0 aromatic heterocycles. The van der Waals surface area contributed by atoms with Gasteiger partial charge in [-0.1, -0.05) is 44.0 Å². The average Bonchev–Trinajstić information content (AvgIpc) is 2.36. The predicted molar refractivity (Wildman–Crippen MR) is 77.1 cm³/mol. The maximum Gasteiger partial charge on any atom is 0.338 e. The van der Waals surface area contributed by atoms with E-state index in [2.05, 4.69) is 37.9 Å². The van der Waals surface area contributed by atoms with Gasteiger partial charge in [0.25, 0.3) is 0 Å². The summed E-state index contributed by atoms with van der Waals surface area (Å²) >= 11 is 6.84. The summed E-state index contributed by atoms with van der Waals surface area (Å²) in [6, 6.07) is 5.89. The summed E-state index contributed by atoms with van der Waals surface area (Å²) < 4.78 is 5.06. The molecule has 94 valence electrons. The standard InChI is InChI=1S/C13H16Br2O2/c1-2-17-13(16)12-6-5-10(9-15)8-11(12)4-3-7-14/h5-6,8H,2-4,7,9H2,1H3. The van der Waals surface area contributed by atoms with Gasteiger partial charge in [-0.15, -0.1) is 0 Å². The maximum atomic E-state index is 11.8. The molecule has 17 heavy (non-hydrogen) atoms. The van der Waals surface area contributed by atoms with Crippen LogP contribution < -0.4 is 0 Å². The summed E-state index contributed by atoms with van der Waals surface area (Å²) in [6.45, 7) is 2.24. The van der Waals surface area contributed by atoms with Crippen molar-refractivity contribution in [2.75, 3.05) is 11.9 Å². The Morgan fingerprint density at radius 1 is 1.35 bits per heavy atom. The molecule has 0 saturated carbocycles. The highest BCUT2D eigenvalue weighted by Crippen LogP contribution is 2.17. The average molecular weight is 364 g/mol. The quantitative estimate of drug-likeness (QED) is 0.562. The van der Waals surface area contributed by atoms with Crippen LogP contribution in [0.3, 0.4) is 0 Å². The van der Waals surface area contributed by atoms with E-state index < -0.39 is 0 Å². The largest absolute Gasteiger partial charge is 0.462 e. The third-order valence-corrected chi connectivity index (χ3v) is 3.61. The van der Waals surface area contributed by atoms with E-state index in [0.717, 1.165) is 29.1 Å². The number of hydrogen-bond acceptors (Lipinski definition) is 2. The van der Waals surface area contributed by atoms with Crippen molar-refractivity contribution in [3.63, 3.8) is 0 Å². The molecule has 4 heteroatoms. The summed E-state index contributed by atoms with van der Waals surface area (Å²) in [4.78, 5) is 11.8. The van der Waals surface area contributed by atoms with E-state index in [0.29, 0.717) is 12.2 Å². The number of halogens is 2. The number of alkyl halides is 2. The Kier molecular flexibility index (Phi) is 6.82. The number of carbonyl (C=O) groups excluding carboxylic acids is 1. The molecule has 0 radical (unpaired) electrons. The van der Waals surface area contributed by atoms with Gasteiger partial charge in [-0.05, 0) is 37.0 Å². The molecular weight excluding hydrogens is 348 g/mol. The van der Waals surface area contributed by atoms with Crippen molar-refractivity contribution in [1.82, 2.24) is 0 Å². The van der Waals surface area contributed by atoms with Gasteiger partial charge in [0.1, 0.15) is 0 Å². The van der Waals surface area contributed by atoms with Crippen LogP contribution in [-0.4, -0.2) is 17.9 Å². The second kappa shape index (κ2) is 7.88. The van der Waals surface area contributed by atoms with Gasteiger partial charge in [-0.25, -0.2) is 4.79 Å². The topological polar surface area (TPSA) is 26.3 Å². The molecule has 0 saturated heterocycles. The second-order valence-corrected chi connectivity index (χ2v) is 4.99. The lowest BCUT2D eigenvalue weighted by Crippen LogP contribution is -2.08. The van der Waals surface area contributed by atoms with Crippen molar-refractivity contribution in [1.29, 1.82) is 0 Å².